The first-order valence-electron chi connectivity index (χ1n) is 6.51. The van der Waals surface area contributed by atoms with Crippen molar-refractivity contribution < 1.29 is 0 Å². The van der Waals surface area contributed by atoms with Crippen molar-refractivity contribution in [3.05, 3.63) is 23.9 Å². The van der Waals surface area contributed by atoms with E-state index in [0.29, 0.717) is 5.92 Å². The van der Waals surface area contributed by atoms with Crippen molar-refractivity contribution >= 4 is 0 Å². The molecule has 0 heterocycles. The molecule has 1 unspecified atom stereocenters. The summed E-state index contributed by atoms with van der Waals surface area (Å²) in [4.78, 5) is 2.28. The molecule has 0 aliphatic rings. The average Bonchev–Trinajstić information content (AvgIpc) is 2.27. The molecule has 0 amide bonds. The molecule has 16 heavy (non-hydrogen) atoms. The SMILES string of the molecule is C=C(/C(C)=C\[C@@H](C)CC)N(C)CC(C)CC. The number of allylic oxidation sites excluding steroid dienone is 2. The van der Waals surface area contributed by atoms with Gasteiger partial charge in [-0.05, 0) is 24.3 Å². The maximum atomic E-state index is 4.19. The highest BCUT2D eigenvalue weighted by atomic mass is 15.1. The molecular formula is C15H29N. The minimum atomic E-state index is 0.647. The smallest absolute Gasteiger partial charge is 0.0317 e. The first kappa shape index (κ1) is 15.3. The Hall–Kier alpha value is -0.720. The van der Waals surface area contributed by atoms with Crippen LogP contribution in [0.4, 0.5) is 0 Å². The van der Waals surface area contributed by atoms with Gasteiger partial charge in [0.2, 0.25) is 0 Å². The lowest BCUT2D eigenvalue weighted by Gasteiger charge is -2.25. The molecule has 0 rings (SSSR count). The molecule has 2 atom stereocenters. The molecule has 94 valence electrons. The highest BCUT2D eigenvalue weighted by molar-refractivity contribution is 5.25. The summed E-state index contributed by atoms with van der Waals surface area (Å²) in [5.74, 6) is 1.38. The van der Waals surface area contributed by atoms with E-state index in [0.717, 1.165) is 12.5 Å². The monoisotopic (exact) mass is 223 g/mol. The van der Waals surface area contributed by atoms with Crippen LogP contribution in [0.5, 0.6) is 0 Å². The first-order chi connectivity index (χ1) is 7.42. The molecule has 0 aliphatic heterocycles. The molecule has 0 bridgehead atoms. The largest absolute Gasteiger partial charge is 0.375 e. The molecule has 0 aromatic rings. The van der Waals surface area contributed by atoms with Crippen molar-refractivity contribution in [2.24, 2.45) is 11.8 Å². The van der Waals surface area contributed by atoms with E-state index in [1.165, 1.54) is 24.1 Å². The minimum Gasteiger partial charge on any atom is -0.375 e. The van der Waals surface area contributed by atoms with E-state index >= 15 is 0 Å². The van der Waals surface area contributed by atoms with Gasteiger partial charge in [0.15, 0.2) is 0 Å². The van der Waals surface area contributed by atoms with Crippen molar-refractivity contribution in [3.8, 4) is 0 Å². The Kier molecular flexibility index (Phi) is 7.20. The molecule has 0 aromatic heterocycles. The average molecular weight is 223 g/mol. The molecule has 0 fully saturated rings. The lowest BCUT2D eigenvalue weighted by molar-refractivity contribution is 0.347. The van der Waals surface area contributed by atoms with Gasteiger partial charge in [0.1, 0.15) is 0 Å². The molecule has 0 aromatic carbocycles. The van der Waals surface area contributed by atoms with E-state index in [2.05, 4.69) is 59.2 Å². The number of hydrogen-bond donors (Lipinski definition) is 0. The quantitative estimate of drug-likeness (QED) is 0.576. The second kappa shape index (κ2) is 7.54. The van der Waals surface area contributed by atoms with Gasteiger partial charge in [-0.3, -0.25) is 0 Å². The third-order valence-corrected chi connectivity index (χ3v) is 3.38. The van der Waals surface area contributed by atoms with Crippen LogP contribution in [0.15, 0.2) is 23.9 Å². The Morgan fingerprint density at radius 1 is 1.25 bits per heavy atom. The Balaban J connectivity index is 4.37. The molecule has 0 aliphatic carbocycles. The fourth-order valence-electron chi connectivity index (χ4n) is 1.65. The lowest BCUT2D eigenvalue weighted by Crippen LogP contribution is -2.23. The van der Waals surface area contributed by atoms with Gasteiger partial charge in [0.05, 0.1) is 0 Å². The molecule has 1 nitrogen and oxygen atoms in total. The van der Waals surface area contributed by atoms with E-state index in [1.54, 1.807) is 0 Å². The highest BCUT2D eigenvalue weighted by Gasteiger charge is 2.08. The van der Waals surface area contributed by atoms with Crippen molar-refractivity contribution in [3.63, 3.8) is 0 Å². The topological polar surface area (TPSA) is 3.24 Å². The van der Waals surface area contributed by atoms with E-state index in [-0.39, 0.29) is 0 Å². The fraction of sp³-hybridized carbons (Fsp3) is 0.733. The van der Waals surface area contributed by atoms with Crippen LogP contribution in [0.3, 0.4) is 0 Å². The predicted molar refractivity (Wildman–Crippen MR) is 74.4 cm³/mol. The number of rotatable bonds is 7. The highest BCUT2D eigenvalue weighted by Crippen LogP contribution is 2.17. The third-order valence-electron chi connectivity index (χ3n) is 3.38. The third kappa shape index (κ3) is 5.39. The van der Waals surface area contributed by atoms with Gasteiger partial charge >= 0.3 is 0 Å². The Labute approximate surface area is 102 Å². The predicted octanol–water partition coefficient (Wildman–Crippen LogP) is 4.47. The number of nitrogens with zero attached hydrogens (tertiary/aromatic N) is 1. The Morgan fingerprint density at radius 3 is 2.25 bits per heavy atom. The molecule has 0 N–H and O–H groups in total. The second-order valence-corrected chi connectivity index (χ2v) is 5.08. The maximum Gasteiger partial charge on any atom is 0.0317 e. The molecular weight excluding hydrogens is 194 g/mol. The van der Waals surface area contributed by atoms with Gasteiger partial charge in [0, 0.05) is 19.3 Å². The summed E-state index contributed by atoms with van der Waals surface area (Å²) in [7, 11) is 2.14. The van der Waals surface area contributed by atoms with Crippen molar-refractivity contribution in [1.82, 2.24) is 4.90 Å². The van der Waals surface area contributed by atoms with Crippen LogP contribution >= 0.6 is 0 Å². The summed E-state index contributed by atoms with van der Waals surface area (Å²) >= 11 is 0. The normalized spacial score (nSPS) is 15.8. The summed E-state index contributed by atoms with van der Waals surface area (Å²) in [6.45, 7) is 16.5. The van der Waals surface area contributed by atoms with Crippen LogP contribution < -0.4 is 0 Å². The molecule has 0 radical (unpaired) electrons. The zero-order chi connectivity index (χ0) is 12.7. The summed E-state index contributed by atoms with van der Waals surface area (Å²) in [5, 5.41) is 0. The van der Waals surface area contributed by atoms with Gasteiger partial charge in [-0.15, -0.1) is 0 Å². The van der Waals surface area contributed by atoms with Crippen LogP contribution in [0, 0.1) is 11.8 Å². The first-order valence-corrected chi connectivity index (χ1v) is 6.51. The van der Waals surface area contributed by atoms with Crippen LogP contribution in [-0.4, -0.2) is 18.5 Å². The summed E-state index contributed by atoms with van der Waals surface area (Å²) < 4.78 is 0. The second-order valence-electron chi connectivity index (χ2n) is 5.08. The van der Waals surface area contributed by atoms with Crippen molar-refractivity contribution in [2.45, 2.75) is 47.5 Å². The van der Waals surface area contributed by atoms with E-state index < -0.39 is 0 Å². The molecule has 0 spiro atoms. The Morgan fingerprint density at radius 2 is 1.81 bits per heavy atom. The van der Waals surface area contributed by atoms with Gasteiger partial charge in [-0.2, -0.15) is 0 Å². The van der Waals surface area contributed by atoms with Crippen LogP contribution in [0.25, 0.3) is 0 Å². The number of hydrogen-bond acceptors (Lipinski definition) is 1. The van der Waals surface area contributed by atoms with Gasteiger partial charge < -0.3 is 4.90 Å². The van der Waals surface area contributed by atoms with E-state index in [4.69, 9.17) is 0 Å². The van der Waals surface area contributed by atoms with Crippen molar-refractivity contribution in [1.29, 1.82) is 0 Å². The minimum absolute atomic E-state index is 0.647. The standard InChI is InChI=1S/C15H29N/c1-8-12(3)10-14(5)15(6)16(7)11-13(4)9-2/h10,12-13H,6,8-9,11H2,1-5,7H3/b14-10-/t12-,13?/m0/s1. The van der Waals surface area contributed by atoms with Crippen LogP contribution in [0.2, 0.25) is 0 Å². The number of likely N-dealkylation sites (N-methyl/N-ethyl adjacent to an activating group) is 1. The summed E-state index contributed by atoms with van der Waals surface area (Å²) in [6, 6.07) is 0. The van der Waals surface area contributed by atoms with Crippen molar-refractivity contribution in [2.75, 3.05) is 13.6 Å². The van der Waals surface area contributed by atoms with Gasteiger partial charge in [-0.1, -0.05) is 53.2 Å². The van der Waals surface area contributed by atoms with Gasteiger partial charge in [-0.25, -0.2) is 0 Å². The summed E-state index contributed by atoms with van der Waals surface area (Å²) in [6.07, 6.45) is 4.75. The fourth-order valence-corrected chi connectivity index (χ4v) is 1.65. The van der Waals surface area contributed by atoms with Crippen LogP contribution in [0.1, 0.15) is 47.5 Å². The van der Waals surface area contributed by atoms with E-state index in [9.17, 15) is 0 Å². The van der Waals surface area contributed by atoms with E-state index in [1.807, 2.05) is 0 Å². The molecule has 0 saturated heterocycles. The molecule has 1 heteroatoms. The zero-order valence-electron chi connectivity index (χ0n) is 12.0. The molecule has 0 saturated carbocycles. The zero-order valence-corrected chi connectivity index (χ0v) is 12.0. The maximum absolute atomic E-state index is 4.19. The Bertz CT molecular complexity index is 240. The van der Waals surface area contributed by atoms with Gasteiger partial charge in [0.25, 0.3) is 0 Å². The summed E-state index contributed by atoms with van der Waals surface area (Å²) in [5.41, 5.74) is 2.49. The lowest BCUT2D eigenvalue weighted by atomic mass is 10.0. The van der Waals surface area contributed by atoms with Crippen LogP contribution in [-0.2, 0) is 0 Å².